The molecule has 1 aliphatic heterocycles. The number of nitrogens with zero attached hydrogens (tertiary/aromatic N) is 1. The lowest BCUT2D eigenvalue weighted by Crippen LogP contribution is -2.30. The van der Waals surface area contributed by atoms with Gasteiger partial charge in [-0.3, -0.25) is 9.69 Å². The first-order chi connectivity index (χ1) is 7.18. The highest BCUT2D eigenvalue weighted by molar-refractivity contribution is 8.23. The fourth-order valence-corrected chi connectivity index (χ4v) is 2.75. The second-order valence-corrected chi connectivity index (χ2v) is 5.25. The highest BCUT2D eigenvalue weighted by Gasteiger charge is 2.24. The number of halogens is 1. The van der Waals surface area contributed by atoms with Crippen LogP contribution >= 0.6 is 35.6 Å². The van der Waals surface area contributed by atoms with E-state index in [2.05, 4.69) is 0 Å². The number of carbonyl (C=O) groups excluding carboxylic acids is 1. The van der Waals surface area contributed by atoms with Crippen molar-refractivity contribution in [3.63, 3.8) is 0 Å². The van der Waals surface area contributed by atoms with Crippen molar-refractivity contribution in [2.45, 2.75) is 0 Å². The number of benzene rings is 1. The molecule has 1 aliphatic rings. The van der Waals surface area contributed by atoms with Crippen molar-refractivity contribution in [2.75, 3.05) is 12.3 Å². The van der Waals surface area contributed by atoms with Gasteiger partial charge in [-0.05, 0) is 18.2 Å². The van der Waals surface area contributed by atoms with Gasteiger partial charge < -0.3 is 0 Å². The Kier molecular flexibility index (Phi) is 3.29. The van der Waals surface area contributed by atoms with E-state index in [1.165, 1.54) is 11.8 Å². The van der Waals surface area contributed by atoms with Crippen molar-refractivity contribution in [3.05, 3.63) is 34.9 Å². The lowest BCUT2D eigenvalue weighted by molar-refractivity contribution is 0.0861. The zero-order chi connectivity index (χ0) is 10.8. The van der Waals surface area contributed by atoms with Gasteiger partial charge in [0, 0.05) is 22.9 Å². The third-order valence-electron chi connectivity index (χ3n) is 2.08. The molecule has 0 N–H and O–H groups in total. The van der Waals surface area contributed by atoms with E-state index in [1.54, 1.807) is 29.2 Å². The maximum Gasteiger partial charge on any atom is 0.259 e. The Morgan fingerprint density at radius 2 is 2.33 bits per heavy atom. The summed E-state index contributed by atoms with van der Waals surface area (Å²) in [7, 11) is 0. The second-order valence-electron chi connectivity index (χ2n) is 3.08. The fourth-order valence-electron chi connectivity index (χ4n) is 1.36. The molecule has 0 spiro atoms. The van der Waals surface area contributed by atoms with Crippen molar-refractivity contribution in [2.24, 2.45) is 0 Å². The van der Waals surface area contributed by atoms with Gasteiger partial charge in [0.25, 0.3) is 5.91 Å². The number of hydrogen-bond donors (Lipinski definition) is 0. The SMILES string of the molecule is O=C(c1cccc(Cl)c1)N1CCSC1=S. The van der Waals surface area contributed by atoms with Gasteiger partial charge in [-0.15, -0.1) is 0 Å². The molecule has 1 saturated heterocycles. The molecule has 78 valence electrons. The van der Waals surface area contributed by atoms with E-state index in [4.69, 9.17) is 23.8 Å². The molecule has 2 nitrogen and oxygen atoms in total. The van der Waals surface area contributed by atoms with E-state index in [1.807, 2.05) is 0 Å². The summed E-state index contributed by atoms with van der Waals surface area (Å²) >= 11 is 12.4. The van der Waals surface area contributed by atoms with E-state index < -0.39 is 0 Å². The van der Waals surface area contributed by atoms with E-state index in [0.717, 1.165) is 5.75 Å². The molecule has 0 radical (unpaired) electrons. The van der Waals surface area contributed by atoms with Crippen molar-refractivity contribution in [1.82, 2.24) is 4.90 Å². The zero-order valence-electron chi connectivity index (χ0n) is 7.77. The molecule has 0 unspecified atom stereocenters. The fraction of sp³-hybridized carbons (Fsp3) is 0.200. The highest BCUT2D eigenvalue weighted by atomic mass is 35.5. The first-order valence-corrected chi connectivity index (χ1v) is 6.20. The molecule has 0 aromatic heterocycles. The monoisotopic (exact) mass is 257 g/mol. The average molecular weight is 258 g/mol. The van der Waals surface area contributed by atoms with Crippen LogP contribution in [0.15, 0.2) is 24.3 Å². The second kappa shape index (κ2) is 4.51. The third-order valence-corrected chi connectivity index (χ3v) is 3.74. The molecule has 1 fully saturated rings. The molecule has 1 aromatic rings. The van der Waals surface area contributed by atoms with Crippen LogP contribution in [0.3, 0.4) is 0 Å². The van der Waals surface area contributed by atoms with Crippen LogP contribution < -0.4 is 0 Å². The summed E-state index contributed by atoms with van der Waals surface area (Å²) in [4.78, 5) is 13.6. The molecule has 15 heavy (non-hydrogen) atoms. The molecule has 2 rings (SSSR count). The van der Waals surface area contributed by atoms with Gasteiger partial charge in [0.2, 0.25) is 0 Å². The Morgan fingerprint density at radius 1 is 1.53 bits per heavy atom. The van der Waals surface area contributed by atoms with E-state index in [0.29, 0.717) is 21.5 Å². The number of amides is 1. The van der Waals surface area contributed by atoms with Crippen LogP contribution in [0.25, 0.3) is 0 Å². The van der Waals surface area contributed by atoms with Crippen LogP contribution in [0.4, 0.5) is 0 Å². The summed E-state index contributed by atoms with van der Waals surface area (Å²) in [6, 6.07) is 6.92. The van der Waals surface area contributed by atoms with Crippen LogP contribution in [0.5, 0.6) is 0 Å². The van der Waals surface area contributed by atoms with E-state index in [-0.39, 0.29) is 5.91 Å². The van der Waals surface area contributed by atoms with Crippen LogP contribution in [0.1, 0.15) is 10.4 Å². The minimum atomic E-state index is -0.0625. The smallest absolute Gasteiger partial charge is 0.259 e. The summed E-state index contributed by atoms with van der Waals surface area (Å²) < 4.78 is 0.653. The summed E-state index contributed by atoms with van der Waals surface area (Å²) in [5.74, 6) is 0.818. The molecule has 0 saturated carbocycles. The molecular formula is C10H8ClNOS2. The van der Waals surface area contributed by atoms with Gasteiger partial charge in [-0.25, -0.2) is 0 Å². The number of thioether (sulfide) groups is 1. The topological polar surface area (TPSA) is 20.3 Å². The Balaban J connectivity index is 2.24. The van der Waals surface area contributed by atoms with Crippen LogP contribution in [0.2, 0.25) is 5.02 Å². The summed E-state index contributed by atoms with van der Waals surface area (Å²) in [6.07, 6.45) is 0. The van der Waals surface area contributed by atoms with Crippen molar-refractivity contribution < 1.29 is 4.79 Å². The number of hydrogen-bond acceptors (Lipinski definition) is 3. The predicted molar refractivity (Wildman–Crippen MR) is 67.5 cm³/mol. The van der Waals surface area contributed by atoms with Crippen molar-refractivity contribution >= 4 is 45.8 Å². The Bertz CT molecular complexity index is 422. The van der Waals surface area contributed by atoms with Gasteiger partial charge in [0.05, 0.1) is 0 Å². The molecule has 0 aliphatic carbocycles. The molecular weight excluding hydrogens is 250 g/mol. The summed E-state index contributed by atoms with van der Waals surface area (Å²) in [5.41, 5.74) is 0.590. The highest BCUT2D eigenvalue weighted by Crippen LogP contribution is 2.21. The molecule has 5 heteroatoms. The maximum atomic E-state index is 12.0. The van der Waals surface area contributed by atoms with Gasteiger partial charge in [-0.1, -0.05) is 41.6 Å². The largest absolute Gasteiger partial charge is 0.293 e. The standard InChI is InChI=1S/C10H8ClNOS2/c11-8-3-1-2-7(6-8)9(13)12-4-5-15-10(12)14/h1-3,6H,4-5H2. The number of thiocarbonyl (C=S) groups is 1. The molecule has 1 heterocycles. The van der Waals surface area contributed by atoms with Gasteiger partial charge in [0.15, 0.2) is 0 Å². The minimum absolute atomic E-state index is 0.0625. The summed E-state index contributed by atoms with van der Waals surface area (Å²) in [5, 5.41) is 0.568. The first kappa shape index (κ1) is 10.9. The lowest BCUT2D eigenvalue weighted by Gasteiger charge is -2.14. The van der Waals surface area contributed by atoms with E-state index >= 15 is 0 Å². The predicted octanol–water partition coefficient (Wildman–Crippen LogP) is 2.81. The van der Waals surface area contributed by atoms with Gasteiger partial charge >= 0.3 is 0 Å². The maximum absolute atomic E-state index is 12.0. The van der Waals surface area contributed by atoms with Crippen LogP contribution in [0, 0.1) is 0 Å². The number of rotatable bonds is 1. The lowest BCUT2D eigenvalue weighted by atomic mass is 10.2. The Labute approximate surface area is 103 Å². The number of carbonyl (C=O) groups is 1. The first-order valence-electron chi connectivity index (χ1n) is 4.42. The minimum Gasteiger partial charge on any atom is -0.293 e. The van der Waals surface area contributed by atoms with Crippen molar-refractivity contribution in [1.29, 1.82) is 0 Å². The van der Waals surface area contributed by atoms with Crippen molar-refractivity contribution in [3.8, 4) is 0 Å². The summed E-state index contributed by atoms with van der Waals surface area (Å²) in [6.45, 7) is 0.689. The molecule has 0 atom stereocenters. The molecule has 0 bridgehead atoms. The molecule has 1 aromatic carbocycles. The molecule has 1 amide bonds. The quantitative estimate of drug-likeness (QED) is 0.722. The average Bonchev–Trinajstić information content (AvgIpc) is 2.63. The third kappa shape index (κ3) is 2.33. The van der Waals surface area contributed by atoms with Crippen LogP contribution in [-0.4, -0.2) is 27.4 Å². The van der Waals surface area contributed by atoms with E-state index in [9.17, 15) is 4.79 Å². The Morgan fingerprint density at radius 3 is 2.93 bits per heavy atom. The normalized spacial score (nSPS) is 15.8. The van der Waals surface area contributed by atoms with Gasteiger partial charge in [0.1, 0.15) is 4.32 Å². The van der Waals surface area contributed by atoms with Crippen LogP contribution in [-0.2, 0) is 0 Å². The van der Waals surface area contributed by atoms with Gasteiger partial charge in [-0.2, -0.15) is 0 Å². The zero-order valence-corrected chi connectivity index (χ0v) is 10.2. The Hall–Kier alpha value is -0.580.